The van der Waals surface area contributed by atoms with E-state index in [-0.39, 0.29) is 11.8 Å². The summed E-state index contributed by atoms with van der Waals surface area (Å²) in [6.45, 7) is 2.94. The van der Waals surface area contributed by atoms with Gasteiger partial charge in [-0.25, -0.2) is 4.79 Å². The van der Waals surface area contributed by atoms with Crippen molar-refractivity contribution in [3.8, 4) is 0 Å². The molecule has 0 spiro atoms. The molecule has 1 heterocycles. The average molecular weight is 460 g/mol. The predicted molar refractivity (Wildman–Crippen MR) is 113 cm³/mol. The predicted octanol–water partition coefficient (Wildman–Crippen LogP) is 1.84. The third-order valence-corrected chi connectivity index (χ3v) is 4.89. The number of benzene rings is 1. The zero-order chi connectivity index (χ0) is 24.3. The second-order valence-electron chi connectivity index (χ2n) is 7.66. The number of nitrogens with two attached hydrogens (primary N) is 1. The van der Waals surface area contributed by atoms with Gasteiger partial charge in [0.05, 0.1) is 0 Å². The van der Waals surface area contributed by atoms with Crippen LogP contribution in [-0.4, -0.2) is 78.6 Å². The minimum absolute atomic E-state index is 0.0185. The SMILES string of the molecule is CN(C)C(=O)c1ccc(CN2CCCCC2CNC(=O)CCN)cc1.O=C(O)C(F)(F)F. The van der Waals surface area contributed by atoms with Gasteiger partial charge in [-0.2, -0.15) is 13.2 Å². The van der Waals surface area contributed by atoms with Gasteiger partial charge >= 0.3 is 12.1 Å². The number of carbonyl (C=O) groups excluding carboxylic acids is 2. The fourth-order valence-electron chi connectivity index (χ4n) is 3.20. The van der Waals surface area contributed by atoms with Gasteiger partial charge in [-0.05, 0) is 37.1 Å². The highest BCUT2D eigenvalue weighted by Crippen LogP contribution is 2.20. The van der Waals surface area contributed by atoms with Crippen molar-refractivity contribution in [3.05, 3.63) is 35.4 Å². The van der Waals surface area contributed by atoms with Crippen LogP contribution in [0.3, 0.4) is 0 Å². The number of nitrogens with one attached hydrogen (secondary N) is 1. The van der Waals surface area contributed by atoms with Gasteiger partial charge in [-0.1, -0.05) is 18.6 Å². The lowest BCUT2D eigenvalue weighted by Crippen LogP contribution is -2.46. The summed E-state index contributed by atoms with van der Waals surface area (Å²) in [7, 11) is 3.51. The molecule has 8 nitrogen and oxygen atoms in total. The highest BCUT2D eigenvalue weighted by Gasteiger charge is 2.38. The summed E-state index contributed by atoms with van der Waals surface area (Å²) in [5.74, 6) is -2.71. The number of rotatable bonds is 7. The number of nitrogens with zero attached hydrogens (tertiary/aromatic N) is 2. The second-order valence-corrected chi connectivity index (χ2v) is 7.66. The molecule has 1 aliphatic rings. The van der Waals surface area contributed by atoms with Crippen molar-refractivity contribution < 1.29 is 32.7 Å². The molecule has 0 aliphatic carbocycles. The minimum Gasteiger partial charge on any atom is -0.475 e. The molecule has 1 aromatic carbocycles. The zero-order valence-corrected chi connectivity index (χ0v) is 18.3. The topological polar surface area (TPSA) is 116 Å². The van der Waals surface area contributed by atoms with Gasteiger partial charge in [0.25, 0.3) is 5.91 Å². The lowest BCUT2D eigenvalue weighted by molar-refractivity contribution is -0.192. The van der Waals surface area contributed by atoms with E-state index < -0.39 is 12.1 Å². The maximum atomic E-state index is 12.0. The van der Waals surface area contributed by atoms with E-state index in [0.717, 1.165) is 19.5 Å². The first-order valence-electron chi connectivity index (χ1n) is 10.3. The number of piperidine rings is 1. The second kappa shape index (κ2) is 13.0. The van der Waals surface area contributed by atoms with E-state index in [1.54, 1.807) is 19.0 Å². The lowest BCUT2D eigenvalue weighted by Gasteiger charge is -2.36. The Hall–Kier alpha value is -2.66. The van der Waals surface area contributed by atoms with E-state index >= 15 is 0 Å². The number of likely N-dealkylation sites (tertiary alicyclic amines) is 1. The summed E-state index contributed by atoms with van der Waals surface area (Å²) in [6, 6.07) is 8.18. The number of aliphatic carboxylic acids is 1. The van der Waals surface area contributed by atoms with Gasteiger partial charge in [0.1, 0.15) is 0 Å². The molecule has 4 N–H and O–H groups in total. The van der Waals surface area contributed by atoms with Gasteiger partial charge in [-0.3, -0.25) is 14.5 Å². The third-order valence-electron chi connectivity index (χ3n) is 4.89. The lowest BCUT2D eigenvalue weighted by atomic mass is 10.0. The normalized spacial score (nSPS) is 16.5. The molecule has 1 aromatic rings. The van der Waals surface area contributed by atoms with Crippen LogP contribution in [0, 0.1) is 0 Å². The van der Waals surface area contributed by atoms with E-state index in [0.29, 0.717) is 31.1 Å². The van der Waals surface area contributed by atoms with Crippen LogP contribution in [0.2, 0.25) is 0 Å². The van der Waals surface area contributed by atoms with Crippen molar-refractivity contribution in [2.45, 2.75) is 44.4 Å². The van der Waals surface area contributed by atoms with Crippen LogP contribution in [0.15, 0.2) is 24.3 Å². The fraction of sp³-hybridized carbons (Fsp3) is 0.571. The first-order chi connectivity index (χ1) is 15.0. The van der Waals surface area contributed by atoms with Crippen LogP contribution in [0.4, 0.5) is 13.2 Å². The summed E-state index contributed by atoms with van der Waals surface area (Å²) >= 11 is 0. The molecule has 1 saturated heterocycles. The molecule has 1 fully saturated rings. The van der Waals surface area contributed by atoms with Gasteiger partial charge in [0, 0.05) is 51.8 Å². The monoisotopic (exact) mass is 460 g/mol. The summed E-state index contributed by atoms with van der Waals surface area (Å²) in [5, 5.41) is 10.1. The number of halogens is 3. The number of hydrogen-bond donors (Lipinski definition) is 3. The maximum Gasteiger partial charge on any atom is 0.490 e. The molecular weight excluding hydrogens is 429 g/mol. The molecular formula is C21H31F3N4O4. The molecule has 2 amide bonds. The van der Waals surface area contributed by atoms with Crippen molar-refractivity contribution in [1.82, 2.24) is 15.1 Å². The molecule has 1 atom stereocenters. The Kier molecular flexibility index (Phi) is 11.1. The Morgan fingerprint density at radius 1 is 1.19 bits per heavy atom. The van der Waals surface area contributed by atoms with E-state index in [9.17, 15) is 22.8 Å². The molecule has 0 aromatic heterocycles. The Balaban J connectivity index is 0.000000633. The average Bonchev–Trinajstić information content (AvgIpc) is 2.73. The Morgan fingerprint density at radius 3 is 2.28 bits per heavy atom. The van der Waals surface area contributed by atoms with Gasteiger partial charge < -0.3 is 21.1 Å². The highest BCUT2D eigenvalue weighted by atomic mass is 19.4. The molecule has 0 radical (unpaired) electrons. The van der Waals surface area contributed by atoms with Gasteiger partial charge in [0.15, 0.2) is 0 Å². The largest absolute Gasteiger partial charge is 0.490 e. The van der Waals surface area contributed by atoms with Crippen molar-refractivity contribution in [1.29, 1.82) is 0 Å². The molecule has 0 bridgehead atoms. The van der Waals surface area contributed by atoms with E-state index in [2.05, 4.69) is 10.2 Å². The first kappa shape index (κ1) is 27.4. The van der Waals surface area contributed by atoms with Gasteiger partial charge in [0.2, 0.25) is 5.91 Å². The van der Waals surface area contributed by atoms with Crippen LogP contribution < -0.4 is 11.1 Å². The summed E-state index contributed by atoms with van der Waals surface area (Å²) in [5.41, 5.74) is 7.32. The number of alkyl halides is 3. The van der Waals surface area contributed by atoms with Crippen LogP contribution in [-0.2, 0) is 16.1 Å². The summed E-state index contributed by atoms with van der Waals surface area (Å²) in [6.07, 6.45) is -1.22. The number of carbonyl (C=O) groups is 3. The molecule has 2 rings (SSSR count). The van der Waals surface area contributed by atoms with Crippen LogP contribution >= 0.6 is 0 Å². The van der Waals surface area contributed by atoms with Crippen LogP contribution in [0.5, 0.6) is 0 Å². The minimum atomic E-state index is -5.08. The van der Waals surface area contributed by atoms with Crippen molar-refractivity contribution in [2.75, 3.05) is 33.7 Å². The molecule has 1 unspecified atom stereocenters. The van der Waals surface area contributed by atoms with Crippen molar-refractivity contribution in [3.63, 3.8) is 0 Å². The van der Waals surface area contributed by atoms with E-state index in [4.69, 9.17) is 15.6 Å². The number of amides is 2. The zero-order valence-electron chi connectivity index (χ0n) is 18.3. The van der Waals surface area contributed by atoms with Crippen LogP contribution in [0.1, 0.15) is 41.6 Å². The quantitative estimate of drug-likeness (QED) is 0.572. The highest BCUT2D eigenvalue weighted by molar-refractivity contribution is 5.93. The smallest absolute Gasteiger partial charge is 0.475 e. The van der Waals surface area contributed by atoms with Crippen molar-refractivity contribution in [2.24, 2.45) is 5.73 Å². The Bertz CT molecular complexity index is 754. The maximum absolute atomic E-state index is 12.0. The van der Waals surface area contributed by atoms with Crippen LogP contribution in [0.25, 0.3) is 0 Å². The standard InChI is InChI=1S/C19H30N4O2.C2HF3O2/c1-22(2)19(25)16-8-6-15(7-9-16)14-23-12-4-3-5-17(23)13-21-18(24)10-11-20;3-2(4,5)1(6)7/h6-9,17H,3-5,10-14,20H2,1-2H3,(H,21,24);(H,6,7). The first-order valence-corrected chi connectivity index (χ1v) is 10.3. The van der Waals surface area contributed by atoms with E-state index in [1.807, 2.05) is 24.3 Å². The number of carboxylic acids is 1. The molecule has 0 saturated carbocycles. The summed E-state index contributed by atoms with van der Waals surface area (Å²) in [4.78, 5) is 36.5. The molecule has 11 heteroatoms. The number of carboxylic acid groups (broad SMARTS) is 1. The summed E-state index contributed by atoms with van der Waals surface area (Å²) < 4.78 is 31.7. The van der Waals surface area contributed by atoms with Gasteiger partial charge in [-0.15, -0.1) is 0 Å². The Labute approximate surface area is 185 Å². The number of hydrogen-bond acceptors (Lipinski definition) is 5. The van der Waals surface area contributed by atoms with E-state index in [1.165, 1.54) is 18.4 Å². The fourth-order valence-corrected chi connectivity index (χ4v) is 3.20. The van der Waals surface area contributed by atoms with Crippen molar-refractivity contribution >= 4 is 17.8 Å². The Morgan fingerprint density at radius 2 is 1.78 bits per heavy atom. The molecule has 1 aliphatic heterocycles. The molecule has 180 valence electrons. The molecule has 32 heavy (non-hydrogen) atoms. The third kappa shape index (κ3) is 9.65.